The molecular formula is C19H19N5OS. The zero-order chi connectivity index (χ0) is 17.8. The second-order valence-electron chi connectivity index (χ2n) is 5.95. The quantitative estimate of drug-likeness (QED) is 0.729. The molecule has 0 saturated carbocycles. The zero-order valence-electron chi connectivity index (χ0n) is 14.4. The summed E-state index contributed by atoms with van der Waals surface area (Å²) in [6.45, 7) is 3.82. The lowest BCUT2D eigenvalue weighted by atomic mass is 10.2. The second kappa shape index (κ2) is 7.53. The average Bonchev–Trinajstić information content (AvgIpc) is 3.13. The number of pyridine rings is 1. The van der Waals surface area contributed by atoms with Crippen molar-refractivity contribution in [3.05, 3.63) is 53.4 Å². The van der Waals surface area contributed by atoms with Crippen LogP contribution >= 0.6 is 11.3 Å². The number of anilines is 1. The predicted molar refractivity (Wildman–Crippen MR) is 105 cm³/mol. The number of nitrogens with one attached hydrogen (secondary N) is 2. The van der Waals surface area contributed by atoms with E-state index in [1.54, 1.807) is 0 Å². The Morgan fingerprint density at radius 1 is 1.08 bits per heavy atom. The molecule has 2 aromatic heterocycles. The third-order valence-corrected chi connectivity index (χ3v) is 4.61. The highest BCUT2D eigenvalue weighted by Crippen LogP contribution is 2.26. The van der Waals surface area contributed by atoms with E-state index in [1.165, 1.54) is 16.9 Å². The number of benzene rings is 1. The van der Waals surface area contributed by atoms with Crippen LogP contribution in [0.5, 0.6) is 11.6 Å². The van der Waals surface area contributed by atoms with Crippen molar-refractivity contribution in [3.63, 3.8) is 0 Å². The van der Waals surface area contributed by atoms with Crippen molar-refractivity contribution in [1.29, 1.82) is 0 Å². The summed E-state index contributed by atoms with van der Waals surface area (Å²) >= 11 is 1.53. The van der Waals surface area contributed by atoms with Gasteiger partial charge in [0.15, 0.2) is 11.1 Å². The molecule has 2 N–H and O–H groups in total. The van der Waals surface area contributed by atoms with Gasteiger partial charge in [0.05, 0.1) is 5.69 Å². The van der Waals surface area contributed by atoms with Crippen LogP contribution in [0.4, 0.5) is 5.13 Å². The van der Waals surface area contributed by atoms with E-state index in [0.29, 0.717) is 5.88 Å². The van der Waals surface area contributed by atoms with Crippen LogP contribution in [0.15, 0.2) is 52.8 Å². The SMILES string of the molecule is Cc1ccc(Oc2cccc(-c3csc(NC4=NCCCN4)n3)n2)cc1. The Kier molecular flexibility index (Phi) is 4.79. The summed E-state index contributed by atoms with van der Waals surface area (Å²) in [6.07, 6.45) is 1.06. The Labute approximate surface area is 156 Å². The van der Waals surface area contributed by atoms with Gasteiger partial charge >= 0.3 is 0 Å². The number of guanidine groups is 1. The van der Waals surface area contributed by atoms with Crippen LogP contribution in [0.25, 0.3) is 11.4 Å². The Hall–Kier alpha value is -2.93. The average molecular weight is 365 g/mol. The van der Waals surface area contributed by atoms with Crippen LogP contribution in [0.1, 0.15) is 12.0 Å². The molecule has 0 amide bonds. The normalized spacial score (nSPS) is 13.7. The van der Waals surface area contributed by atoms with E-state index in [4.69, 9.17) is 4.74 Å². The molecule has 0 atom stereocenters. The van der Waals surface area contributed by atoms with Gasteiger partial charge in [-0.25, -0.2) is 9.97 Å². The minimum absolute atomic E-state index is 0.548. The van der Waals surface area contributed by atoms with E-state index in [2.05, 4.69) is 25.6 Å². The van der Waals surface area contributed by atoms with E-state index in [0.717, 1.165) is 47.7 Å². The summed E-state index contributed by atoms with van der Waals surface area (Å²) in [5, 5.41) is 9.21. The van der Waals surface area contributed by atoms with Gasteiger partial charge in [-0.2, -0.15) is 0 Å². The number of thiazole rings is 1. The van der Waals surface area contributed by atoms with Gasteiger partial charge in [0.25, 0.3) is 0 Å². The molecule has 1 aliphatic heterocycles. The summed E-state index contributed by atoms with van der Waals surface area (Å²) in [4.78, 5) is 13.6. The standard InChI is InChI=1S/C19H19N5OS/c1-13-6-8-14(9-7-13)25-17-5-2-4-15(22-17)16-12-26-19(23-16)24-18-20-10-3-11-21-18/h2,4-9,12H,3,10-11H2,1H3,(H2,20,21,23,24). The van der Waals surface area contributed by atoms with Gasteiger partial charge in [0, 0.05) is 24.5 Å². The first-order chi connectivity index (χ1) is 12.8. The molecule has 0 saturated heterocycles. The minimum atomic E-state index is 0.548. The third-order valence-electron chi connectivity index (χ3n) is 3.86. The molecule has 26 heavy (non-hydrogen) atoms. The van der Waals surface area contributed by atoms with E-state index >= 15 is 0 Å². The van der Waals surface area contributed by atoms with Crippen LogP contribution in [-0.4, -0.2) is 29.0 Å². The largest absolute Gasteiger partial charge is 0.439 e. The van der Waals surface area contributed by atoms with Gasteiger partial charge in [-0.3, -0.25) is 4.99 Å². The van der Waals surface area contributed by atoms with Crippen molar-refractivity contribution in [1.82, 2.24) is 15.3 Å². The first kappa shape index (κ1) is 16.5. The Bertz CT molecular complexity index is 920. The van der Waals surface area contributed by atoms with Crippen molar-refractivity contribution >= 4 is 22.4 Å². The summed E-state index contributed by atoms with van der Waals surface area (Å²) < 4.78 is 5.84. The van der Waals surface area contributed by atoms with Crippen molar-refractivity contribution in [3.8, 4) is 23.0 Å². The van der Waals surface area contributed by atoms with E-state index in [9.17, 15) is 0 Å². The molecule has 1 aromatic carbocycles. The van der Waals surface area contributed by atoms with Gasteiger partial charge in [0.1, 0.15) is 11.4 Å². The lowest BCUT2D eigenvalue weighted by molar-refractivity contribution is 0.463. The number of hydrogen-bond donors (Lipinski definition) is 2. The molecule has 132 valence electrons. The summed E-state index contributed by atoms with van der Waals surface area (Å²) in [7, 11) is 0. The van der Waals surface area contributed by atoms with Crippen molar-refractivity contribution in [2.24, 2.45) is 4.99 Å². The zero-order valence-corrected chi connectivity index (χ0v) is 15.2. The molecule has 3 heterocycles. The predicted octanol–water partition coefficient (Wildman–Crippen LogP) is 4.07. The Balaban J connectivity index is 1.49. The van der Waals surface area contributed by atoms with Crippen LogP contribution in [0.2, 0.25) is 0 Å². The highest BCUT2D eigenvalue weighted by atomic mass is 32.1. The number of hydrogen-bond acceptors (Lipinski definition) is 7. The fraction of sp³-hybridized carbons (Fsp3) is 0.211. The van der Waals surface area contributed by atoms with Crippen LogP contribution in [-0.2, 0) is 0 Å². The molecule has 3 aromatic rings. The fourth-order valence-electron chi connectivity index (χ4n) is 2.51. The molecular weight excluding hydrogens is 346 g/mol. The Morgan fingerprint density at radius 3 is 2.77 bits per heavy atom. The molecule has 1 aliphatic rings. The van der Waals surface area contributed by atoms with Crippen LogP contribution in [0, 0.1) is 6.92 Å². The topological polar surface area (TPSA) is 71.4 Å². The van der Waals surface area contributed by atoms with Gasteiger partial charge in [-0.1, -0.05) is 23.8 Å². The molecule has 0 bridgehead atoms. The number of rotatable bonds is 4. The number of aryl methyl sites for hydroxylation is 1. The van der Waals surface area contributed by atoms with E-state index in [1.807, 2.05) is 54.8 Å². The maximum absolute atomic E-state index is 5.84. The van der Waals surface area contributed by atoms with Crippen molar-refractivity contribution in [2.75, 3.05) is 18.4 Å². The van der Waals surface area contributed by atoms with Gasteiger partial charge in [-0.15, -0.1) is 11.3 Å². The molecule has 0 spiro atoms. The molecule has 0 radical (unpaired) electrons. The number of nitrogens with zero attached hydrogens (tertiary/aromatic N) is 3. The Morgan fingerprint density at radius 2 is 1.96 bits per heavy atom. The number of aliphatic imine (C=N–C) groups is 1. The lowest BCUT2D eigenvalue weighted by Gasteiger charge is -2.14. The lowest BCUT2D eigenvalue weighted by Crippen LogP contribution is -2.35. The van der Waals surface area contributed by atoms with E-state index < -0.39 is 0 Å². The monoisotopic (exact) mass is 365 g/mol. The first-order valence-electron chi connectivity index (χ1n) is 8.49. The van der Waals surface area contributed by atoms with Gasteiger partial charge < -0.3 is 15.4 Å². The number of aromatic nitrogens is 2. The first-order valence-corrected chi connectivity index (χ1v) is 9.37. The molecule has 4 rings (SSSR count). The van der Waals surface area contributed by atoms with Crippen LogP contribution in [0.3, 0.4) is 0 Å². The molecule has 0 aliphatic carbocycles. The summed E-state index contributed by atoms with van der Waals surface area (Å²) in [5.41, 5.74) is 2.78. The molecule has 0 unspecified atom stereocenters. The van der Waals surface area contributed by atoms with Crippen LogP contribution < -0.4 is 15.4 Å². The molecule has 7 heteroatoms. The highest BCUT2D eigenvalue weighted by molar-refractivity contribution is 7.14. The van der Waals surface area contributed by atoms with Gasteiger partial charge in [0.2, 0.25) is 5.88 Å². The fourth-order valence-corrected chi connectivity index (χ4v) is 3.21. The molecule has 6 nitrogen and oxygen atoms in total. The minimum Gasteiger partial charge on any atom is -0.439 e. The molecule has 0 fully saturated rings. The third kappa shape index (κ3) is 4.00. The maximum atomic E-state index is 5.84. The van der Waals surface area contributed by atoms with Crippen molar-refractivity contribution < 1.29 is 4.74 Å². The highest BCUT2D eigenvalue weighted by Gasteiger charge is 2.10. The smallest absolute Gasteiger partial charge is 0.219 e. The van der Waals surface area contributed by atoms with E-state index in [-0.39, 0.29) is 0 Å². The maximum Gasteiger partial charge on any atom is 0.219 e. The van der Waals surface area contributed by atoms with Gasteiger partial charge in [-0.05, 0) is 31.5 Å². The summed E-state index contributed by atoms with van der Waals surface area (Å²) in [5.74, 6) is 2.09. The summed E-state index contributed by atoms with van der Waals surface area (Å²) in [6, 6.07) is 13.6. The number of ether oxygens (including phenoxy) is 1. The second-order valence-corrected chi connectivity index (χ2v) is 6.81. The van der Waals surface area contributed by atoms with Crippen molar-refractivity contribution in [2.45, 2.75) is 13.3 Å².